The number of rotatable bonds is 3. The maximum atomic E-state index is 12.6. The summed E-state index contributed by atoms with van der Waals surface area (Å²) in [5, 5.41) is 9.59. The van der Waals surface area contributed by atoms with E-state index in [9.17, 15) is 14.5 Å². The Morgan fingerprint density at radius 3 is 2.50 bits per heavy atom. The van der Waals surface area contributed by atoms with Crippen LogP contribution in [0.25, 0.3) is 0 Å². The number of nitrogens with zero attached hydrogens (tertiary/aromatic N) is 1. The number of carboxylic acids is 1. The predicted molar refractivity (Wildman–Crippen MR) is 80.0 cm³/mol. The summed E-state index contributed by atoms with van der Waals surface area (Å²) >= 11 is -1.43. The molecule has 0 radical (unpaired) electrons. The summed E-state index contributed by atoms with van der Waals surface area (Å²) < 4.78 is 13.5. The fourth-order valence-electron chi connectivity index (χ4n) is 2.27. The fourth-order valence-corrected chi connectivity index (χ4v) is 3.39. The molecule has 110 valence electrons. The summed E-state index contributed by atoms with van der Waals surface area (Å²) in [7, 11) is 0. The number of aliphatic carboxylic acids is 1. The van der Waals surface area contributed by atoms with Crippen LogP contribution in [0.2, 0.25) is 0 Å². The van der Waals surface area contributed by atoms with Crippen molar-refractivity contribution in [2.24, 2.45) is 5.92 Å². The minimum atomic E-state index is -1.43. The van der Waals surface area contributed by atoms with Gasteiger partial charge in [-0.2, -0.15) is 4.31 Å². The van der Waals surface area contributed by atoms with E-state index in [-0.39, 0.29) is 11.6 Å². The molecule has 0 spiro atoms. The van der Waals surface area contributed by atoms with Crippen LogP contribution in [0.4, 0.5) is 0 Å². The second-order valence-electron chi connectivity index (χ2n) is 6.12. The SMILES string of the molecule is CC(C)(C)[S@@+]([O-])N1C=CC=CC(C2CCC2)=C1C(=O)O. The largest absolute Gasteiger partial charge is 0.592 e. The summed E-state index contributed by atoms with van der Waals surface area (Å²) in [5.41, 5.74) is 0.958. The Kier molecular flexibility index (Phi) is 4.30. The number of hydrogen-bond donors (Lipinski definition) is 1. The first-order valence-electron chi connectivity index (χ1n) is 6.86. The van der Waals surface area contributed by atoms with Crippen molar-refractivity contribution in [2.75, 3.05) is 0 Å². The van der Waals surface area contributed by atoms with Gasteiger partial charge in [0.1, 0.15) is 4.75 Å². The third kappa shape index (κ3) is 2.94. The van der Waals surface area contributed by atoms with Gasteiger partial charge in [0.25, 0.3) is 0 Å². The predicted octanol–water partition coefficient (Wildman–Crippen LogP) is 2.97. The molecule has 0 saturated heterocycles. The monoisotopic (exact) mass is 295 g/mol. The summed E-state index contributed by atoms with van der Waals surface area (Å²) in [6, 6.07) is 0. The molecule has 1 aliphatic carbocycles. The molecule has 0 aromatic heterocycles. The smallest absolute Gasteiger partial charge is 0.357 e. The topological polar surface area (TPSA) is 63.6 Å². The van der Waals surface area contributed by atoms with Crippen LogP contribution >= 0.6 is 0 Å². The molecule has 20 heavy (non-hydrogen) atoms. The molecule has 1 aliphatic heterocycles. The Hall–Kier alpha value is -1.20. The van der Waals surface area contributed by atoms with Crippen molar-refractivity contribution in [3.05, 3.63) is 35.7 Å². The molecule has 1 atom stereocenters. The molecule has 2 aliphatic rings. The van der Waals surface area contributed by atoms with E-state index in [1.54, 1.807) is 12.3 Å². The lowest BCUT2D eigenvalue weighted by Crippen LogP contribution is -2.42. The van der Waals surface area contributed by atoms with Crippen LogP contribution in [0.15, 0.2) is 35.7 Å². The van der Waals surface area contributed by atoms with Gasteiger partial charge in [-0.3, -0.25) is 0 Å². The first-order chi connectivity index (χ1) is 9.32. The highest BCUT2D eigenvalue weighted by atomic mass is 32.2. The average Bonchev–Trinajstić information content (AvgIpc) is 2.47. The van der Waals surface area contributed by atoms with E-state index in [1.165, 1.54) is 4.31 Å². The molecule has 2 rings (SSSR count). The van der Waals surface area contributed by atoms with Gasteiger partial charge in [0.2, 0.25) is 0 Å². The minimum absolute atomic E-state index is 0.160. The van der Waals surface area contributed by atoms with Crippen molar-refractivity contribution in [3.63, 3.8) is 0 Å². The highest BCUT2D eigenvalue weighted by molar-refractivity contribution is 7.90. The Morgan fingerprint density at radius 2 is 2.05 bits per heavy atom. The molecule has 1 heterocycles. The third-order valence-corrected chi connectivity index (χ3v) is 5.26. The van der Waals surface area contributed by atoms with Gasteiger partial charge in [0, 0.05) is 0 Å². The molecular weight excluding hydrogens is 274 g/mol. The zero-order valence-electron chi connectivity index (χ0n) is 12.1. The van der Waals surface area contributed by atoms with E-state index in [2.05, 4.69) is 0 Å². The Bertz CT molecular complexity index is 484. The average molecular weight is 295 g/mol. The molecule has 0 aromatic rings. The second kappa shape index (κ2) is 5.66. The maximum Gasteiger partial charge on any atom is 0.357 e. The summed E-state index contributed by atoms with van der Waals surface area (Å²) in [6.45, 7) is 5.54. The fraction of sp³-hybridized carbons (Fsp3) is 0.533. The summed E-state index contributed by atoms with van der Waals surface area (Å²) in [6.07, 6.45) is 10.2. The molecule has 0 amide bonds. The van der Waals surface area contributed by atoms with Crippen molar-refractivity contribution in [2.45, 2.75) is 44.8 Å². The zero-order chi connectivity index (χ0) is 14.9. The van der Waals surface area contributed by atoms with Crippen LogP contribution in [0, 0.1) is 5.92 Å². The molecule has 0 aromatic carbocycles. The lowest BCUT2D eigenvalue weighted by Gasteiger charge is -2.34. The van der Waals surface area contributed by atoms with Gasteiger partial charge in [-0.1, -0.05) is 18.6 Å². The third-order valence-electron chi connectivity index (χ3n) is 3.55. The molecule has 1 saturated carbocycles. The minimum Gasteiger partial charge on any atom is -0.592 e. The van der Waals surface area contributed by atoms with Gasteiger partial charge in [0.15, 0.2) is 5.70 Å². The highest BCUT2D eigenvalue weighted by Crippen LogP contribution is 2.38. The molecular formula is C15H21NO3S. The van der Waals surface area contributed by atoms with Gasteiger partial charge < -0.3 is 9.66 Å². The number of hydrogen-bond acceptors (Lipinski definition) is 3. The molecule has 5 heteroatoms. The number of carboxylic acid groups (broad SMARTS) is 1. The zero-order valence-corrected chi connectivity index (χ0v) is 12.9. The van der Waals surface area contributed by atoms with E-state index in [4.69, 9.17) is 0 Å². The highest BCUT2D eigenvalue weighted by Gasteiger charge is 2.39. The van der Waals surface area contributed by atoms with Crippen molar-refractivity contribution >= 4 is 17.3 Å². The van der Waals surface area contributed by atoms with Crippen LogP contribution in [0.1, 0.15) is 40.0 Å². The first kappa shape index (κ1) is 15.2. The van der Waals surface area contributed by atoms with Crippen LogP contribution in [-0.2, 0) is 16.2 Å². The Morgan fingerprint density at radius 1 is 1.40 bits per heavy atom. The van der Waals surface area contributed by atoms with Gasteiger partial charge in [-0.15, -0.1) is 0 Å². The first-order valence-corrected chi connectivity index (χ1v) is 7.96. The standard InChI is InChI=1S/C15H21NO3S/c1-15(2,3)20(19)16-10-5-4-9-12(11-7-6-8-11)13(16)14(17)18/h4-5,9-11H,6-8H2,1-3H3,(H,17,18)/t20-/m1/s1. The molecule has 0 unspecified atom stereocenters. The summed E-state index contributed by atoms with van der Waals surface area (Å²) in [4.78, 5) is 11.7. The number of carbonyl (C=O) groups is 1. The van der Waals surface area contributed by atoms with Crippen LogP contribution in [0.3, 0.4) is 0 Å². The van der Waals surface area contributed by atoms with Crippen molar-refractivity contribution in [1.29, 1.82) is 0 Å². The van der Waals surface area contributed by atoms with Gasteiger partial charge in [-0.05, 0) is 51.2 Å². The molecule has 0 bridgehead atoms. The van der Waals surface area contributed by atoms with Crippen LogP contribution in [-0.4, -0.2) is 24.7 Å². The second-order valence-corrected chi connectivity index (χ2v) is 8.24. The normalized spacial score (nSPS) is 21.7. The molecule has 1 N–H and O–H groups in total. The Balaban J connectivity index is 2.45. The van der Waals surface area contributed by atoms with E-state index in [0.29, 0.717) is 0 Å². The van der Waals surface area contributed by atoms with Crippen LogP contribution < -0.4 is 0 Å². The summed E-state index contributed by atoms with van der Waals surface area (Å²) in [5.74, 6) is -0.739. The van der Waals surface area contributed by atoms with Crippen molar-refractivity contribution in [3.8, 4) is 0 Å². The van der Waals surface area contributed by atoms with E-state index in [1.807, 2.05) is 32.9 Å². The van der Waals surface area contributed by atoms with Crippen LogP contribution in [0.5, 0.6) is 0 Å². The number of allylic oxidation sites excluding steroid dienone is 4. The lowest BCUT2D eigenvalue weighted by molar-refractivity contribution is -0.133. The maximum absolute atomic E-state index is 12.6. The Labute approximate surface area is 123 Å². The van der Waals surface area contributed by atoms with E-state index < -0.39 is 22.1 Å². The van der Waals surface area contributed by atoms with Crippen molar-refractivity contribution < 1.29 is 14.5 Å². The molecule has 4 nitrogen and oxygen atoms in total. The molecule has 1 fully saturated rings. The van der Waals surface area contributed by atoms with E-state index >= 15 is 0 Å². The lowest BCUT2D eigenvalue weighted by atomic mass is 9.78. The van der Waals surface area contributed by atoms with Gasteiger partial charge in [0.05, 0.1) is 17.6 Å². The van der Waals surface area contributed by atoms with E-state index in [0.717, 1.165) is 24.8 Å². The van der Waals surface area contributed by atoms with Crippen molar-refractivity contribution in [1.82, 2.24) is 4.31 Å². The quantitative estimate of drug-likeness (QED) is 0.813. The van der Waals surface area contributed by atoms with Gasteiger partial charge >= 0.3 is 5.97 Å². The van der Waals surface area contributed by atoms with Gasteiger partial charge in [-0.25, -0.2) is 4.79 Å².